The molecule has 5 rings (SSSR count). The number of benzene rings is 2. The van der Waals surface area contributed by atoms with Crippen LogP contribution in [0.3, 0.4) is 0 Å². The standard InChI is InChI=1S/C29H35F2N5O4S/c1-3-21(36-19-33-26-27(36)24-6-4-5-7-25(24)34-28(26)32)18-39-17-14-20-12-15-35(16-13-20)41(37,38)23-10-8-22(9-11-23)40-29(2,30)31/h4-11,19-21H,3,12-18H2,1-2H3,(H2,32,34). The molecular formula is C29H35F2N5O4S. The van der Waals surface area contributed by atoms with Crippen molar-refractivity contribution in [2.24, 2.45) is 5.92 Å². The van der Waals surface area contributed by atoms with Crippen molar-refractivity contribution < 1.29 is 26.7 Å². The van der Waals surface area contributed by atoms with Crippen molar-refractivity contribution in [3.63, 3.8) is 0 Å². The maximum Gasteiger partial charge on any atom is 0.394 e. The molecule has 0 amide bonds. The Balaban J connectivity index is 1.13. The SMILES string of the molecule is CCC(COCCC1CCN(S(=O)(=O)c2ccc(OC(C)(F)F)cc2)CC1)n1cnc2c(N)nc3ccccc3c21. The maximum atomic E-state index is 13.1. The highest BCUT2D eigenvalue weighted by Gasteiger charge is 2.30. The molecule has 2 N–H and O–H groups in total. The second-order valence-electron chi connectivity index (χ2n) is 10.5. The van der Waals surface area contributed by atoms with Crippen LogP contribution in [0.25, 0.3) is 21.9 Å². The van der Waals surface area contributed by atoms with Gasteiger partial charge in [-0.2, -0.15) is 13.1 Å². The maximum absolute atomic E-state index is 13.1. The number of nitrogen functional groups attached to an aromatic ring is 1. The van der Waals surface area contributed by atoms with Gasteiger partial charge in [0.05, 0.1) is 34.9 Å². The summed E-state index contributed by atoms with van der Waals surface area (Å²) in [5.41, 5.74) is 8.67. The molecular weight excluding hydrogens is 552 g/mol. The van der Waals surface area contributed by atoms with Crippen molar-refractivity contribution in [3.8, 4) is 5.75 Å². The monoisotopic (exact) mass is 587 g/mol. The number of nitrogens with zero attached hydrogens (tertiary/aromatic N) is 4. The first-order valence-corrected chi connectivity index (χ1v) is 15.3. The molecule has 0 aliphatic carbocycles. The molecule has 12 heteroatoms. The van der Waals surface area contributed by atoms with E-state index in [4.69, 9.17) is 10.5 Å². The van der Waals surface area contributed by atoms with Crippen molar-refractivity contribution in [2.45, 2.75) is 56.6 Å². The average Bonchev–Trinajstić information content (AvgIpc) is 3.39. The van der Waals surface area contributed by atoms with E-state index >= 15 is 0 Å². The van der Waals surface area contributed by atoms with Gasteiger partial charge in [0.25, 0.3) is 0 Å². The van der Waals surface area contributed by atoms with Gasteiger partial charge in [-0.15, -0.1) is 0 Å². The Morgan fingerprint density at radius 1 is 1.12 bits per heavy atom. The van der Waals surface area contributed by atoms with E-state index < -0.39 is 16.1 Å². The molecule has 0 saturated carbocycles. The summed E-state index contributed by atoms with van der Waals surface area (Å²) in [5, 5.41) is 1.00. The van der Waals surface area contributed by atoms with Crippen molar-refractivity contribution in [1.29, 1.82) is 0 Å². The third kappa shape index (κ3) is 6.44. The number of aromatic nitrogens is 3. The predicted octanol–water partition coefficient (Wildman–Crippen LogP) is 5.62. The molecule has 3 heterocycles. The minimum Gasteiger partial charge on any atom is -0.433 e. The minimum absolute atomic E-state index is 0.0639. The van der Waals surface area contributed by atoms with Crippen molar-refractivity contribution >= 4 is 37.8 Å². The van der Waals surface area contributed by atoms with Gasteiger partial charge >= 0.3 is 6.11 Å². The number of imidazole rings is 1. The number of alkyl halides is 2. The molecule has 1 fully saturated rings. The molecule has 1 unspecified atom stereocenters. The van der Waals surface area contributed by atoms with Crippen LogP contribution >= 0.6 is 0 Å². The molecule has 0 radical (unpaired) electrons. The minimum atomic E-state index is -3.71. The molecule has 220 valence electrons. The number of hydrogen-bond acceptors (Lipinski definition) is 7. The lowest BCUT2D eigenvalue weighted by Crippen LogP contribution is -2.38. The van der Waals surface area contributed by atoms with Crippen LogP contribution in [-0.2, 0) is 14.8 Å². The molecule has 0 spiro atoms. The fourth-order valence-corrected chi connectivity index (χ4v) is 6.85. The molecule has 9 nitrogen and oxygen atoms in total. The third-order valence-corrected chi connectivity index (χ3v) is 9.53. The molecule has 2 aromatic heterocycles. The van der Waals surface area contributed by atoms with Gasteiger partial charge in [-0.1, -0.05) is 25.1 Å². The quantitative estimate of drug-likeness (QED) is 0.227. The van der Waals surface area contributed by atoms with E-state index in [2.05, 4.69) is 26.2 Å². The summed E-state index contributed by atoms with van der Waals surface area (Å²) in [4.78, 5) is 9.08. The van der Waals surface area contributed by atoms with Gasteiger partial charge in [-0.3, -0.25) is 0 Å². The first-order valence-electron chi connectivity index (χ1n) is 13.8. The number of halogens is 2. The highest BCUT2D eigenvalue weighted by molar-refractivity contribution is 7.89. The molecule has 41 heavy (non-hydrogen) atoms. The van der Waals surface area contributed by atoms with Crippen molar-refractivity contribution in [3.05, 3.63) is 54.9 Å². The number of ether oxygens (including phenoxy) is 2. The smallest absolute Gasteiger partial charge is 0.394 e. The van der Waals surface area contributed by atoms with E-state index in [1.165, 1.54) is 28.6 Å². The zero-order valence-corrected chi connectivity index (χ0v) is 24.0. The molecule has 1 saturated heterocycles. The first-order chi connectivity index (χ1) is 19.6. The Morgan fingerprint density at radius 3 is 2.51 bits per heavy atom. The molecule has 0 bridgehead atoms. The zero-order chi connectivity index (χ0) is 29.2. The number of nitrogens with two attached hydrogens (primary N) is 1. The lowest BCUT2D eigenvalue weighted by atomic mass is 9.95. The number of anilines is 1. The van der Waals surface area contributed by atoms with E-state index in [9.17, 15) is 17.2 Å². The van der Waals surface area contributed by atoms with Gasteiger partial charge in [0.15, 0.2) is 5.82 Å². The number of hydrogen-bond donors (Lipinski definition) is 1. The van der Waals surface area contributed by atoms with Gasteiger partial charge < -0.3 is 19.8 Å². The van der Waals surface area contributed by atoms with Gasteiger partial charge in [0.1, 0.15) is 11.3 Å². The molecule has 2 aromatic carbocycles. The Bertz CT molecular complexity index is 1600. The number of fused-ring (bicyclic) bond motifs is 3. The Labute approximate surface area is 238 Å². The second kappa shape index (κ2) is 11.9. The molecule has 1 aliphatic rings. The number of rotatable bonds is 11. The fraction of sp³-hybridized carbons (Fsp3) is 0.448. The summed E-state index contributed by atoms with van der Waals surface area (Å²) < 4.78 is 66.4. The third-order valence-electron chi connectivity index (χ3n) is 7.61. The van der Waals surface area contributed by atoms with Crippen LogP contribution in [0.4, 0.5) is 14.6 Å². The molecule has 1 aliphatic heterocycles. The lowest BCUT2D eigenvalue weighted by Gasteiger charge is -2.31. The van der Waals surface area contributed by atoms with Crippen molar-refractivity contribution in [1.82, 2.24) is 18.8 Å². The van der Waals surface area contributed by atoms with E-state index in [0.29, 0.717) is 50.5 Å². The van der Waals surface area contributed by atoms with Crippen LogP contribution < -0.4 is 10.5 Å². The van der Waals surface area contributed by atoms with Crippen molar-refractivity contribution in [2.75, 3.05) is 32.0 Å². The summed E-state index contributed by atoms with van der Waals surface area (Å²) in [5.74, 6) is 0.679. The number of sulfonamides is 1. The average molecular weight is 588 g/mol. The highest BCUT2D eigenvalue weighted by atomic mass is 32.2. The lowest BCUT2D eigenvalue weighted by molar-refractivity contribution is -0.158. The van der Waals surface area contributed by atoms with Crippen LogP contribution in [0, 0.1) is 5.92 Å². The first kappa shape index (κ1) is 29.2. The van der Waals surface area contributed by atoms with Gasteiger partial charge in [-0.25, -0.2) is 18.4 Å². The number of piperidine rings is 1. The topological polar surface area (TPSA) is 113 Å². The Kier molecular flexibility index (Phi) is 8.44. The van der Waals surface area contributed by atoms with Gasteiger partial charge in [0.2, 0.25) is 10.0 Å². The second-order valence-corrected chi connectivity index (χ2v) is 12.5. The summed E-state index contributed by atoms with van der Waals surface area (Å²) in [6.07, 6.45) is 1.63. The normalized spacial score (nSPS) is 16.4. The summed E-state index contributed by atoms with van der Waals surface area (Å²) in [6, 6.07) is 13.1. The summed E-state index contributed by atoms with van der Waals surface area (Å²) >= 11 is 0. The summed E-state index contributed by atoms with van der Waals surface area (Å²) in [6.45, 7) is 4.65. The molecule has 4 aromatic rings. The number of pyridine rings is 1. The van der Waals surface area contributed by atoms with Gasteiger partial charge in [-0.05, 0) is 61.9 Å². The Hall–Kier alpha value is -3.35. The highest BCUT2D eigenvalue weighted by Crippen LogP contribution is 2.31. The van der Waals surface area contributed by atoms with Crippen LogP contribution in [0.1, 0.15) is 45.6 Å². The van der Waals surface area contributed by atoms with Crippen LogP contribution in [0.2, 0.25) is 0 Å². The Morgan fingerprint density at radius 2 is 1.83 bits per heavy atom. The van der Waals surface area contributed by atoms with Crippen LogP contribution in [0.15, 0.2) is 59.8 Å². The fourth-order valence-electron chi connectivity index (χ4n) is 5.38. The van der Waals surface area contributed by atoms with Crippen LogP contribution in [-0.4, -0.2) is 59.7 Å². The zero-order valence-electron chi connectivity index (χ0n) is 23.2. The van der Waals surface area contributed by atoms with Gasteiger partial charge in [0, 0.05) is 32.0 Å². The van der Waals surface area contributed by atoms with E-state index in [1.807, 2.05) is 30.6 Å². The molecule has 1 atom stereocenters. The van der Waals surface area contributed by atoms with E-state index in [-0.39, 0.29) is 16.7 Å². The largest absolute Gasteiger partial charge is 0.433 e. The summed E-state index contributed by atoms with van der Waals surface area (Å²) in [7, 11) is -3.71. The predicted molar refractivity (Wildman–Crippen MR) is 153 cm³/mol. The van der Waals surface area contributed by atoms with E-state index in [1.54, 1.807) is 0 Å². The van der Waals surface area contributed by atoms with Crippen LogP contribution in [0.5, 0.6) is 5.75 Å². The van der Waals surface area contributed by atoms with E-state index in [0.717, 1.165) is 42.1 Å². The number of para-hydroxylation sites is 1.